The first-order valence-corrected chi connectivity index (χ1v) is 10.8. The summed E-state index contributed by atoms with van der Waals surface area (Å²) in [5.41, 5.74) is 2.52. The molecule has 2 N–H and O–H groups in total. The van der Waals surface area contributed by atoms with Crippen LogP contribution in [0.15, 0.2) is 55.3 Å². The van der Waals surface area contributed by atoms with Gasteiger partial charge in [-0.25, -0.2) is 14.4 Å². The molecule has 35 heavy (non-hydrogen) atoms. The molecule has 0 saturated carbocycles. The number of carbonyl (C=O) groups excluding carboxylic acids is 1. The lowest BCUT2D eigenvalue weighted by Crippen LogP contribution is -2.36. The van der Waals surface area contributed by atoms with E-state index in [9.17, 15) is 14.4 Å². The second-order valence-corrected chi connectivity index (χ2v) is 7.57. The van der Waals surface area contributed by atoms with Crippen LogP contribution in [-0.2, 0) is 9.53 Å². The van der Waals surface area contributed by atoms with Gasteiger partial charge in [-0.1, -0.05) is 6.58 Å². The van der Waals surface area contributed by atoms with E-state index in [-0.39, 0.29) is 17.2 Å². The van der Waals surface area contributed by atoms with Gasteiger partial charge in [0.2, 0.25) is 11.9 Å². The van der Waals surface area contributed by atoms with Crippen LogP contribution in [0.3, 0.4) is 0 Å². The fourth-order valence-corrected chi connectivity index (χ4v) is 3.64. The lowest BCUT2D eigenvalue weighted by molar-refractivity contribution is -0.111. The minimum Gasteiger partial charge on any atom is -0.495 e. The molecule has 4 rings (SSSR count). The number of methoxy groups -OCH3 is 1. The van der Waals surface area contributed by atoms with Crippen LogP contribution in [0.2, 0.25) is 0 Å². The molecule has 3 aromatic rings. The number of nitrogens with zero attached hydrogens (tertiary/aromatic N) is 4. The molecule has 2 aromatic carbocycles. The average molecular weight is 474 g/mol. The van der Waals surface area contributed by atoms with Crippen LogP contribution in [0.4, 0.5) is 27.4 Å². The molecule has 9 nitrogen and oxygen atoms in total. The predicted octanol–water partition coefficient (Wildman–Crippen LogP) is 3.87. The first-order chi connectivity index (χ1) is 17.0. The molecule has 0 aliphatic carbocycles. The molecule has 0 atom stereocenters. The molecule has 2 heterocycles. The van der Waals surface area contributed by atoms with Crippen LogP contribution >= 0.6 is 0 Å². The Bertz CT molecular complexity index is 1300. The molecule has 1 amide bonds. The molecule has 1 aromatic heterocycles. The zero-order valence-corrected chi connectivity index (χ0v) is 19.0. The number of carbonyl (C=O) groups is 1. The summed E-state index contributed by atoms with van der Waals surface area (Å²) in [6.07, 6.45) is 2.43. The van der Waals surface area contributed by atoms with Crippen LogP contribution in [0.5, 0.6) is 5.75 Å². The summed E-state index contributed by atoms with van der Waals surface area (Å²) in [5, 5.41) is 15.1. The number of anilines is 4. The number of ether oxygens (including phenoxy) is 2. The summed E-state index contributed by atoms with van der Waals surface area (Å²) in [4.78, 5) is 22.6. The van der Waals surface area contributed by atoms with Gasteiger partial charge < -0.3 is 25.0 Å². The van der Waals surface area contributed by atoms with Crippen LogP contribution in [0.25, 0.3) is 11.3 Å². The van der Waals surface area contributed by atoms with Gasteiger partial charge in [-0.15, -0.1) is 0 Å². The van der Waals surface area contributed by atoms with Gasteiger partial charge in [-0.05, 0) is 42.5 Å². The lowest BCUT2D eigenvalue weighted by Gasteiger charge is -2.30. The molecule has 1 saturated heterocycles. The number of hydrogen-bond donors (Lipinski definition) is 2. The number of morpholine rings is 1. The molecule has 0 spiro atoms. The largest absolute Gasteiger partial charge is 0.495 e. The van der Waals surface area contributed by atoms with Crippen LogP contribution < -0.4 is 20.3 Å². The number of halogens is 1. The normalized spacial score (nSPS) is 13.0. The fraction of sp³-hybridized carbons (Fsp3) is 0.200. The topological polar surface area (TPSA) is 112 Å². The minimum atomic E-state index is -0.622. The van der Waals surface area contributed by atoms with E-state index in [1.807, 2.05) is 18.2 Å². The fourth-order valence-electron chi connectivity index (χ4n) is 3.64. The van der Waals surface area contributed by atoms with Crippen molar-refractivity contribution in [1.29, 1.82) is 5.26 Å². The molecule has 1 aliphatic heterocycles. The molecule has 1 aliphatic rings. The maximum atomic E-state index is 14.2. The lowest BCUT2D eigenvalue weighted by atomic mass is 10.1. The van der Waals surface area contributed by atoms with E-state index in [0.717, 1.165) is 36.3 Å². The Kier molecular flexibility index (Phi) is 7.18. The highest BCUT2D eigenvalue weighted by atomic mass is 19.1. The Balaban J connectivity index is 1.66. The SMILES string of the molecule is C=CC(=O)Nc1cc(-c2nc(Nc3ccc(OC)c(N4CCOCC4)c3)ncc2C#N)ccc1F. The van der Waals surface area contributed by atoms with Crippen molar-refractivity contribution in [3.05, 3.63) is 66.6 Å². The van der Waals surface area contributed by atoms with Gasteiger partial charge in [0.15, 0.2) is 0 Å². The number of nitriles is 1. The molecule has 0 radical (unpaired) electrons. The summed E-state index contributed by atoms with van der Waals surface area (Å²) < 4.78 is 25.2. The van der Waals surface area contributed by atoms with Gasteiger partial charge in [0.05, 0.1) is 49.2 Å². The van der Waals surface area contributed by atoms with Crippen molar-refractivity contribution < 1.29 is 18.7 Å². The molecule has 0 unspecified atom stereocenters. The van der Waals surface area contributed by atoms with Gasteiger partial charge in [0.25, 0.3) is 0 Å². The van der Waals surface area contributed by atoms with Gasteiger partial charge in [-0.2, -0.15) is 5.26 Å². The zero-order valence-electron chi connectivity index (χ0n) is 19.0. The van der Waals surface area contributed by atoms with E-state index in [0.29, 0.717) is 24.5 Å². The quantitative estimate of drug-likeness (QED) is 0.497. The van der Waals surface area contributed by atoms with Crippen LogP contribution in [0.1, 0.15) is 5.56 Å². The average Bonchev–Trinajstić information content (AvgIpc) is 2.90. The first kappa shape index (κ1) is 23.7. The summed E-state index contributed by atoms with van der Waals surface area (Å²) in [7, 11) is 1.62. The summed E-state index contributed by atoms with van der Waals surface area (Å²) in [6, 6.07) is 11.8. The third-order valence-corrected chi connectivity index (χ3v) is 5.38. The standard InChI is InChI=1S/C25H23FN6O3/c1-3-23(33)30-20-12-16(4-6-19(20)26)24-17(14-27)15-28-25(31-24)29-18-5-7-22(34-2)21(13-18)32-8-10-35-11-9-32/h3-7,12-13,15H,1,8-11H2,2H3,(H,30,33)(H,28,29,31). The zero-order chi connectivity index (χ0) is 24.8. The smallest absolute Gasteiger partial charge is 0.247 e. The second-order valence-electron chi connectivity index (χ2n) is 7.57. The summed E-state index contributed by atoms with van der Waals surface area (Å²) in [5.74, 6) is -0.191. The Morgan fingerprint density at radius 3 is 2.80 bits per heavy atom. The Morgan fingerprint density at radius 1 is 1.29 bits per heavy atom. The van der Waals surface area contributed by atoms with Gasteiger partial charge in [0.1, 0.15) is 17.6 Å². The van der Waals surface area contributed by atoms with E-state index in [1.165, 1.54) is 24.4 Å². The molecule has 0 bridgehead atoms. The molecular formula is C25H23FN6O3. The predicted molar refractivity (Wildman–Crippen MR) is 130 cm³/mol. The highest BCUT2D eigenvalue weighted by Gasteiger charge is 2.17. The Labute approximate surface area is 201 Å². The van der Waals surface area contributed by atoms with Crippen molar-refractivity contribution in [3.63, 3.8) is 0 Å². The van der Waals surface area contributed by atoms with Crippen molar-refractivity contribution in [2.75, 3.05) is 48.9 Å². The van der Waals surface area contributed by atoms with Crippen LogP contribution in [-0.4, -0.2) is 49.3 Å². The van der Waals surface area contributed by atoms with Crippen LogP contribution in [0, 0.1) is 17.1 Å². The number of benzene rings is 2. The van der Waals surface area contributed by atoms with Crippen molar-refractivity contribution in [1.82, 2.24) is 9.97 Å². The minimum absolute atomic E-state index is 0.0466. The monoisotopic (exact) mass is 474 g/mol. The maximum Gasteiger partial charge on any atom is 0.247 e. The van der Waals surface area contributed by atoms with Crippen molar-refractivity contribution in [3.8, 4) is 23.1 Å². The van der Waals surface area contributed by atoms with E-state index in [1.54, 1.807) is 7.11 Å². The molecular weight excluding hydrogens is 451 g/mol. The molecule has 10 heteroatoms. The van der Waals surface area contributed by atoms with Gasteiger partial charge in [0, 0.05) is 24.3 Å². The van der Waals surface area contributed by atoms with Gasteiger partial charge >= 0.3 is 0 Å². The number of aromatic nitrogens is 2. The Hall–Kier alpha value is -4.49. The summed E-state index contributed by atoms with van der Waals surface area (Å²) in [6.45, 7) is 6.12. The van der Waals surface area contributed by atoms with Crippen molar-refractivity contribution >= 4 is 28.9 Å². The number of rotatable bonds is 7. The second kappa shape index (κ2) is 10.6. The summed E-state index contributed by atoms with van der Waals surface area (Å²) >= 11 is 0. The highest BCUT2D eigenvalue weighted by Crippen LogP contribution is 2.33. The molecule has 178 valence electrons. The first-order valence-electron chi connectivity index (χ1n) is 10.8. The van der Waals surface area contributed by atoms with E-state index in [4.69, 9.17) is 9.47 Å². The van der Waals surface area contributed by atoms with Crippen molar-refractivity contribution in [2.24, 2.45) is 0 Å². The maximum absolute atomic E-state index is 14.2. The van der Waals surface area contributed by atoms with E-state index >= 15 is 0 Å². The third-order valence-electron chi connectivity index (χ3n) is 5.38. The van der Waals surface area contributed by atoms with E-state index < -0.39 is 11.7 Å². The number of nitrogens with one attached hydrogen (secondary N) is 2. The van der Waals surface area contributed by atoms with Gasteiger partial charge in [-0.3, -0.25) is 4.79 Å². The molecule has 1 fully saturated rings. The third kappa shape index (κ3) is 5.37. The number of hydrogen-bond acceptors (Lipinski definition) is 8. The van der Waals surface area contributed by atoms with Crippen molar-refractivity contribution in [2.45, 2.75) is 0 Å². The number of amides is 1. The highest BCUT2D eigenvalue weighted by molar-refractivity contribution is 5.99. The Morgan fingerprint density at radius 2 is 2.09 bits per heavy atom. The van der Waals surface area contributed by atoms with E-state index in [2.05, 4.69) is 38.1 Å².